The van der Waals surface area contributed by atoms with Crippen LogP contribution in [0.5, 0.6) is 11.5 Å². The van der Waals surface area contributed by atoms with Crippen molar-refractivity contribution in [1.82, 2.24) is 5.43 Å². The Morgan fingerprint density at radius 1 is 0.971 bits per heavy atom. The third kappa shape index (κ3) is 7.44. The first-order valence-corrected chi connectivity index (χ1v) is 10.8. The summed E-state index contributed by atoms with van der Waals surface area (Å²) >= 11 is 0. The summed E-state index contributed by atoms with van der Waals surface area (Å²) in [4.78, 5) is 23.9. The molecule has 2 N–H and O–H groups in total. The molecule has 0 heterocycles. The van der Waals surface area contributed by atoms with Gasteiger partial charge in [0, 0.05) is 0 Å². The van der Waals surface area contributed by atoms with Crippen molar-refractivity contribution in [2.24, 2.45) is 5.10 Å². The molecule has 0 radical (unpaired) electrons. The first kappa shape index (κ1) is 24.4. The van der Waals surface area contributed by atoms with Gasteiger partial charge in [0.1, 0.15) is 18.8 Å². The molecule has 7 nitrogen and oxygen atoms in total. The van der Waals surface area contributed by atoms with Crippen LogP contribution < -0.4 is 20.2 Å². The molecule has 3 aromatic rings. The molecular formula is C26H26FN3O4. The fourth-order valence-corrected chi connectivity index (χ4v) is 3.08. The Morgan fingerprint density at radius 3 is 2.56 bits per heavy atom. The van der Waals surface area contributed by atoms with Crippen LogP contribution in [0.1, 0.15) is 30.0 Å². The summed E-state index contributed by atoms with van der Waals surface area (Å²) in [6.07, 6.45) is 0.932. The highest BCUT2D eigenvalue weighted by atomic mass is 19.1. The predicted molar refractivity (Wildman–Crippen MR) is 129 cm³/mol. The zero-order chi connectivity index (χ0) is 24.3. The summed E-state index contributed by atoms with van der Waals surface area (Å²) in [5.41, 5.74) is 5.17. The Labute approximate surface area is 197 Å². The Balaban J connectivity index is 1.55. The van der Waals surface area contributed by atoms with Crippen LogP contribution in [-0.2, 0) is 16.2 Å². The van der Waals surface area contributed by atoms with Gasteiger partial charge in [0.15, 0.2) is 11.5 Å². The molecule has 0 aliphatic rings. The van der Waals surface area contributed by atoms with E-state index in [1.165, 1.54) is 24.4 Å². The van der Waals surface area contributed by atoms with Crippen LogP contribution in [0.3, 0.4) is 0 Å². The van der Waals surface area contributed by atoms with Gasteiger partial charge in [-0.05, 0) is 55.3 Å². The Bertz CT molecular complexity index is 1180. The van der Waals surface area contributed by atoms with Gasteiger partial charge in [0.05, 0.1) is 18.5 Å². The molecule has 0 spiro atoms. The van der Waals surface area contributed by atoms with Gasteiger partial charge in [-0.3, -0.25) is 9.59 Å². The number of halogens is 1. The molecule has 176 valence electrons. The van der Waals surface area contributed by atoms with Crippen LogP contribution >= 0.6 is 0 Å². The number of aryl methyl sites for hydroxylation is 1. The highest BCUT2D eigenvalue weighted by molar-refractivity contribution is 6.03. The fraction of sp³-hybridized carbons (Fsp3) is 0.192. The summed E-state index contributed by atoms with van der Waals surface area (Å²) in [5, 5.41) is 6.23. The normalized spacial score (nSPS) is 10.7. The van der Waals surface area contributed by atoms with Crippen LogP contribution in [0.4, 0.5) is 10.1 Å². The lowest BCUT2D eigenvalue weighted by atomic mass is 10.1. The van der Waals surface area contributed by atoms with E-state index in [-0.39, 0.29) is 5.69 Å². The number of nitrogens with one attached hydrogen (secondary N) is 2. The molecule has 0 saturated heterocycles. The van der Waals surface area contributed by atoms with Crippen molar-refractivity contribution < 1.29 is 23.5 Å². The lowest BCUT2D eigenvalue weighted by Gasteiger charge is -2.13. The van der Waals surface area contributed by atoms with Gasteiger partial charge in [0.25, 0.3) is 0 Å². The van der Waals surface area contributed by atoms with Crippen molar-refractivity contribution in [2.75, 3.05) is 11.9 Å². The van der Waals surface area contributed by atoms with E-state index in [9.17, 15) is 14.0 Å². The van der Waals surface area contributed by atoms with Crippen LogP contribution in [0.2, 0.25) is 0 Å². The van der Waals surface area contributed by atoms with E-state index in [0.717, 1.165) is 11.1 Å². The molecule has 0 atom stereocenters. The molecule has 8 heteroatoms. The fourth-order valence-electron chi connectivity index (χ4n) is 3.08. The second-order valence-corrected chi connectivity index (χ2v) is 7.41. The van der Waals surface area contributed by atoms with E-state index in [4.69, 9.17) is 9.47 Å². The molecule has 0 bridgehead atoms. The SMILES string of the molecule is CCOc1cc(C=NNC(=O)CC(=O)Nc2ccccc2F)ccc1OCc1cccc(C)c1. The number of ether oxygens (including phenoxy) is 2. The molecule has 0 fully saturated rings. The van der Waals surface area contributed by atoms with E-state index in [2.05, 4.69) is 21.9 Å². The van der Waals surface area contributed by atoms with E-state index in [1.807, 2.05) is 32.0 Å². The van der Waals surface area contributed by atoms with E-state index < -0.39 is 24.1 Å². The second-order valence-electron chi connectivity index (χ2n) is 7.41. The smallest absolute Gasteiger partial charge is 0.249 e. The number of amides is 2. The number of nitrogens with zero attached hydrogens (tertiary/aromatic N) is 1. The highest BCUT2D eigenvalue weighted by Gasteiger charge is 2.11. The van der Waals surface area contributed by atoms with Crippen LogP contribution in [0.25, 0.3) is 0 Å². The number of anilines is 1. The van der Waals surface area contributed by atoms with E-state index in [0.29, 0.717) is 30.3 Å². The van der Waals surface area contributed by atoms with Crippen molar-refractivity contribution in [3.05, 3.63) is 89.2 Å². The van der Waals surface area contributed by atoms with Gasteiger partial charge in [-0.1, -0.05) is 42.0 Å². The molecule has 3 rings (SSSR count). The van der Waals surface area contributed by atoms with E-state index >= 15 is 0 Å². The van der Waals surface area contributed by atoms with Gasteiger partial charge in [-0.25, -0.2) is 9.82 Å². The molecule has 0 aromatic heterocycles. The quantitative estimate of drug-likeness (QED) is 0.261. The molecule has 34 heavy (non-hydrogen) atoms. The number of benzene rings is 3. The number of carbonyl (C=O) groups excluding carboxylic acids is 2. The van der Waals surface area contributed by atoms with Gasteiger partial charge < -0.3 is 14.8 Å². The Morgan fingerprint density at radius 2 is 1.79 bits per heavy atom. The highest BCUT2D eigenvalue weighted by Crippen LogP contribution is 2.29. The van der Waals surface area contributed by atoms with Crippen molar-refractivity contribution >= 4 is 23.7 Å². The zero-order valence-electron chi connectivity index (χ0n) is 19.0. The summed E-state index contributed by atoms with van der Waals surface area (Å²) in [5.74, 6) is -0.713. The topological polar surface area (TPSA) is 89.0 Å². The summed E-state index contributed by atoms with van der Waals surface area (Å²) in [6, 6.07) is 19.1. The number of hydrazone groups is 1. The third-order valence-electron chi connectivity index (χ3n) is 4.62. The molecular weight excluding hydrogens is 437 g/mol. The predicted octanol–water partition coefficient (Wildman–Crippen LogP) is 4.59. The molecule has 0 aliphatic heterocycles. The number of para-hydroxylation sites is 1. The minimum atomic E-state index is -0.647. The van der Waals surface area contributed by atoms with Crippen LogP contribution in [0.15, 0.2) is 71.8 Å². The maximum Gasteiger partial charge on any atom is 0.249 e. The first-order valence-electron chi connectivity index (χ1n) is 10.8. The molecule has 0 unspecified atom stereocenters. The van der Waals surface area contributed by atoms with Gasteiger partial charge in [-0.15, -0.1) is 0 Å². The average molecular weight is 464 g/mol. The van der Waals surface area contributed by atoms with Crippen molar-refractivity contribution in [2.45, 2.75) is 26.9 Å². The first-order chi connectivity index (χ1) is 16.4. The van der Waals surface area contributed by atoms with Crippen molar-refractivity contribution in [3.63, 3.8) is 0 Å². The number of hydrogen-bond acceptors (Lipinski definition) is 5. The number of hydrogen-bond donors (Lipinski definition) is 2. The zero-order valence-corrected chi connectivity index (χ0v) is 19.0. The third-order valence-corrected chi connectivity index (χ3v) is 4.62. The Kier molecular flexibility index (Phi) is 8.73. The Hall–Kier alpha value is -4.20. The summed E-state index contributed by atoms with van der Waals surface area (Å²) in [6.45, 7) is 4.75. The lowest BCUT2D eigenvalue weighted by Crippen LogP contribution is -2.24. The summed E-state index contributed by atoms with van der Waals surface area (Å²) in [7, 11) is 0. The number of carbonyl (C=O) groups is 2. The van der Waals surface area contributed by atoms with E-state index in [1.54, 1.807) is 24.3 Å². The van der Waals surface area contributed by atoms with Gasteiger partial charge in [0.2, 0.25) is 11.8 Å². The second kappa shape index (κ2) is 12.2. The lowest BCUT2D eigenvalue weighted by molar-refractivity contribution is -0.126. The maximum absolute atomic E-state index is 13.6. The van der Waals surface area contributed by atoms with Crippen LogP contribution in [0, 0.1) is 12.7 Å². The minimum Gasteiger partial charge on any atom is -0.490 e. The molecule has 2 amide bonds. The largest absolute Gasteiger partial charge is 0.490 e. The maximum atomic E-state index is 13.6. The van der Waals surface area contributed by atoms with Crippen molar-refractivity contribution in [3.8, 4) is 11.5 Å². The standard InChI is InChI=1S/C26H26FN3O4/c1-3-33-24-14-19(11-12-23(24)34-17-20-8-6-7-18(2)13-20)16-28-30-26(32)15-25(31)29-22-10-5-4-9-21(22)27/h4-14,16H,3,15,17H2,1-2H3,(H,29,31)(H,30,32). The molecule has 3 aromatic carbocycles. The average Bonchev–Trinajstić information content (AvgIpc) is 2.80. The minimum absolute atomic E-state index is 0.0111. The van der Waals surface area contributed by atoms with Gasteiger partial charge in [-0.2, -0.15) is 5.10 Å². The van der Waals surface area contributed by atoms with Crippen molar-refractivity contribution in [1.29, 1.82) is 0 Å². The van der Waals surface area contributed by atoms with Crippen LogP contribution in [-0.4, -0.2) is 24.6 Å². The molecule has 0 aliphatic carbocycles. The number of rotatable bonds is 10. The summed E-state index contributed by atoms with van der Waals surface area (Å²) < 4.78 is 25.2. The van der Waals surface area contributed by atoms with Gasteiger partial charge >= 0.3 is 0 Å². The molecule has 0 saturated carbocycles. The monoisotopic (exact) mass is 463 g/mol.